The van der Waals surface area contributed by atoms with E-state index in [9.17, 15) is 10.1 Å². The van der Waals surface area contributed by atoms with Gasteiger partial charge in [0.2, 0.25) is 0 Å². The maximum Gasteiger partial charge on any atom is 0.274 e. The molecule has 0 heterocycles. The van der Waals surface area contributed by atoms with E-state index in [1.54, 1.807) is 13.0 Å². The molecule has 0 spiro atoms. The summed E-state index contributed by atoms with van der Waals surface area (Å²) in [4.78, 5) is 10.7. The van der Waals surface area contributed by atoms with Crippen LogP contribution in [0.5, 0.6) is 0 Å². The van der Waals surface area contributed by atoms with Crippen molar-refractivity contribution >= 4 is 27.3 Å². The Balaban J connectivity index is 2.03. The molecular formula is C16H23BrN2O2. The average molecular weight is 355 g/mol. The van der Waals surface area contributed by atoms with Crippen molar-refractivity contribution in [2.24, 2.45) is 5.92 Å². The van der Waals surface area contributed by atoms with Gasteiger partial charge in [-0.3, -0.25) is 10.1 Å². The van der Waals surface area contributed by atoms with Crippen molar-refractivity contribution in [1.29, 1.82) is 0 Å². The molecule has 0 unspecified atom stereocenters. The Bertz CT molecular complexity index is 511. The number of benzene rings is 1. The van der Waals surface area contributed by atoms with Crippen LogP contribution in [0.15, 0.2) is 16.6 Å². The minimum absolute atomic E-state index is 0.181. The number of aryl methyl sites for hydroxylation is 1. The second kappa shape index (κ2) is 7.25. The van der Waals surface area contributed by atoms with Gasteiger partial charge in [-0.1, -0.05) is 19.8 Å². The van der Waals surface area contributed by atoms with Crippen LogP contribution in [-0.2, 0) is 0 Å². The average Bonchev–Trinajstić information content (AvgIpc) is 2.43. The smallest absolute Gasteiger partial charge is 0.274 e. The van der Waals surface area contributed by atoms with E-state index in [1.165, 1.54) is 25.7 Å². The van der Waals surface area contributed by atoms with Gasteiger partial charge in [0.05, 0.1) is 10.6 Å². The molecule has 4 nitrogen and oxygen atoms in total. The summed E-state index contributed by atoms with van der Waals surface area (Å²) < 4.78 is 0.904. The fraction of sp³-hybridized carbons (Fsp3) is 0.625. The number of halogens is 1. The highest BCUT2D eigenvalue weighted by atomic mass is 79.9. The van der Waals surface area contributed by atoms with Crippen molar-refractivity contribution < 1.29 is 4.92 Å². The summed E-state index contributed by atoms with van der Waals surface area (Å²) in [5, 5.41) is 14.5. The van der Waals surface area contributed by atoms with Crippen LogP contribution in [0, 0.1) is 23.0 Å². The Kier molecular flexibility index (Phi) is 5.62. The predicted molar refractivity (Wildman–Crippen MR) is 89.8 cm³/mol. The Morgan fingerprint density at radius 1 is 1.33 bits per heavy atom. The van der Waals surface area contributed by atoms with E-state index in [2.05, 4.69) is 28.2 Å². The molecule has 116 valence electrons. The van der Waals surface area contributed by atoms with Crippen LogP contribution in [-0.4, -0.2) is 11.0 Å². The van der Waals surface area contributed by atoms with Crippen molar-refractivity contribution in [2.45, 2.75) is 58.4 Å². The van der Waals surface area contributed by atoms with Crippen LogP contribution in [0.25, 0.3) is 0 Å². The van der Waals surface area contributed by atoms with Gasteiger partial charge in [-0.25, -0.2) is 0 Å². The van der Waals surface area contributed by atoms with Crippen LogP contribution in [0.3, 0.4) is 0 Å². The predicted octanol–water partition coefficient (Wildman–Crippen LogP) is 5.44. The van der Waals surface area contributed by atoms with Crippen molar-refractivity contribution in [2.75, 3.05) is 5.32 Å². The van der Waals surface area contributed by atoms with E-state index in [0.29, 0.717) is 11.6 Å². The standard InChI is InChI=1S/C16H23BrN2O2/c1-3-4-12-5-7-13(8-6-12)18-15-10-16(19(20)21)11(2)9-14(15)17/h9-10,12-13,18H,3-8H2,1-2H3. The summed E-state index contributed by atoms with van der Waals surface area (Å²) in [6.07, 6.45) is 7.41. The first-order valence-electron chi connectivity index (χ1n) is 7.72. The van der Waals surface area contributed by atoms with E-state index < -0.39 is 0 Å². The van der Waals surface area contributed by atoms with E-state index in [0.717, 1.165) is 28.9 Å². The van der Waals surface area contributed by atoms with Crippen molar-refractivity contribution in [3.8, 4) is 0 Å². The highest BCUT2D eigenvalue weighted by Crippen LogP contribution is 2.34. The lowest BCUT2D eigenvalue weighted by molar-refractivity contribution is -0.385. The summed E-state index contributed by atoms with van der Waals surface area (Å²) in [5.41, 5.74) is 1.70. The number of nitrogens with zero attached hydrogens (tertiary/aromatic N) is 1. The molecule has 0 radical (unpaired) electrons. The molecule has 1 fully saturated rings. The Labute approximate surface area is 134 Å². The van der Waals surface area contributed by atoms with Crippen molar-refractivity contribution in [3.05, 3.63) is 32.3 Å². The van der Waals surface area contributed by atoms with Crippen LogP contribution in [0.4, 0.5) is 11.4 Å². The highest BCUT2D eigenvalue weighted by molar-refractivity contribution is 9.10. The summed E-state index contributed by atoms with van der Waals surface area (Å²) in [7, 11) is 0. The van der Waals surface area contributed by atoms with E-state index in [-0.39, 0.29) is 10.6 Å². The van der Waals surface area contributed by atoms with Crippen LogP contribution in [0.2, 0.25) is 0 Å². The third kappa shape index (κ3) is 4.19. The molecule has 0 aromatic heterocycles. The minimum atomic E-state index is -0.314. The molecule has 1 saturated carbocycles. The first-order valence-corrected chi connectivity index (χ1v) is 8.51. The zero-order valence-corrected chi connectivity index (χ0v) is 14.3. The van der Waals surface area contributed by atoms with Gasteiger partial charge in [0.15, 0.2) is 0 Å². The fourth-order valence-electron chi connectivity index (χ4n) is 3.19. The van der Waals surface area contributed by atoms with Crippen LogP contribution < -0.4 is 5.32 Å². The fourth-order valence-corrected chi connectivity index (χ4v) is 3.76. The van der Waals surface area contributed by atoms with Gasteiger partial charge >= 0.3 is 0 Å². The number of hydrogen-bond acceptors (Lipinski definition) is 3. The van der Waals surface area contributed by atoms with Gasteiger partial charge < -0.3 is 5.32 Å². The molecule has 1 aromatic carbocycles. The maximum atomic E-state index is 11.1. The third-order valence-corrected chi connectivity index (χ3v) is 5.04. The number of nitro groups is 1. The first kappa shape index (κ1) is 16.3. The van der Waals surface area contributed by atoms with Gasteiger partial charge in [-0.05, 0) is 60.5 Å². The summed E-state index contributed by atoms with van der Waals surface area (Å²) >= 11 is 3.51. The summed E-state index contributed by atoms with van der Waals surface area (Å²) in [6.45, 7) is 4.01. The zero-order chi connectivity index (χ0) is 15.4. The number of anilines is 1. The molecule has 1 N–H and O–H groups in total. The molecule has 0 atom stereocenters. The number of hydrogen-bond donors (Lipinski definition) is 1. The molecule has 1 aliphatic carbocycles. The second-order valence-corrected chi connectivity index (χ2v) is 6.88. The van der Waals surface area contributed by atoms with Gasteiger partial charge in [-0.2, -0.15) is 0 Å². The molecule has 2 rings (SSSR count). The highest BCUT2D eigenvalue weighted by Gasteiger charge is 2.22. The van der Waals surface area contributed by atoms with Crippen LogP contribution >= 0.6 is 15.9 Å². The summed E-state index contributed by atoms with van der Waals surface area (Å²) in [5.74, 6) is 0.865. The largest absolute Gasteiger partial charge is 0.381 e. The second-order valence-electron chi connectivity index (χ2n) is 6.03. The normalized spacial score (nSPS) is 22.0. The van der Waals surface area contributed by atoms with Gasteiger partial charge in [0, 0.05) is 22.1 Å². The van der Waals surface area contributed by atoms with Gasteiger partial charge in [0.1, 0.15) is 0 Å². The van der Waals surface area contributed by atoms with E-state index in [4.69, 9.17) is 0 Å². The first-order chi connectivity index (χ1) is 10.0. The molecule has 0 saturated heterocycles. The van der Waals surface area contributed by atoms with Crippen LogP contribution in [0.1, 0.15) is 51.0 Å². The SMILES string of the molecule is CCCC1CCC(Nc2cc([N+](=O)[O-])c(C)cc2Br)CC1. The molecule has 1 aliphatic rings. The van der Waals surface area contributed by atoms with Gasteiger partial charge in [-0.15, -0.1) is 0 Å². The zero-order valence-electron chi connectivity index (χ0n) is 12.7. The Hall–Kier alpha value is -1.10. The molecule has 5 heteroatoms. The molecule has 0 aliphatic heterocycles. The quantitative estimate of drug-likeness (QED) is 0.565. The lowest BCUT2D eigenvalue weighted by Gasteiger charge is -2.30. The minimum Gasteiger partial charge on any atom is -0.381 e. The topological polar surface area (TPSA) is 55.2 Å². The van der Waals surface area contributed by atoms with Gasteiger partial charge in [0.25, 0.3) is 5.69 Å². The van der Waals surface area contributed by atoms with Crippen molar-refractivity contribution in [1.82, 2.24) is 0 Å². The third-order valence-electron chi connectivity index (χ3n) is 4.39. The number of nitro benzene ring substituents is 1. The lowest BCUT2D eigenvalue weighted by Crippen LogP contribution is -2.26. The summed E-state index contributed by atoms with van der Waals surface area (Å²) in [6, 6.07) is 3.90. The monoisotopic (exact) mass is 354 g/mol. The molecule has 1 aromatic rings. The lowest BCUT2D eigenvalue weighted by atomic mass is 9.83. The maximum absolute atomic E-state index is 11.1. The number of rotatable bonds is 5. The Morgan fingerprint density at radius 3 is 2.57 bits per heavy atom. The van der Waals surface area contributed by atoms with E-state index >= 15 is 0 Å². The Morgan fingerprint density at radius 2 is 2.00 bits per heavy atom. The molecule has 0 bridgehead atoms. The van der Waals surface area contributed by atoms with Crippen molar-refractivity contribution in [3.63, 3.8) is 0 Å². The molecule has 21 heavy (non-hydrogen) atoms. The number of nitrogens with one attached hydrogen (secondary N) is 1. The molecule has 0 amide bonds. The molecular weight excluding hydrogens is 332 g/mol. The van der Waals surface area contributed by atoms with E-state index in [1.807, 2.05) is 6.07 Å².